The lowest BCUT2D eigenvalue weighted by atomic mass is 10.1. The lowest BCUT2D eigenvalue weighted by molar-refractivity contribution is 0.0697. The van der Waals surface area contributed by atoms with E-state index in [9.17, 15) is 4.79 Å². The van der Waals surface area contributed by atoms with Gasteiger partial charge in [0.05, 0.1) is 16.9 Å². The van der Waals surface area contributed by atoms with Gasteiger partial charge in [-0.3, -0.25) is 0 Å². The maximum Gasteiger partial charge on any atom is 0.335 e. The highest BCUT2D eigenvalue weighted by Crippen LogP contribution is 2.31. The molecule has 2 N–H and O–H groups in total. The summed E-state index contributed by atoms with van der Waals surface area (Å²) in [4.78, 5) is 13.3. The standard InChI is InChI=1S/C16H16N2O2/c19-16(20)13-6-7-14-15(10-13)18(9-8-17-14)11-12-4-2-1-3-5-12/h1-7,10,17H,8-9,11H2,(H,19,20). The first-order valence-electron chi connectivity index (χ1n) is 6.64. The minimum absolute atomic E-state index is 0.325. The van der Waals surface area contributed by atoms with Crippen molar-refractivity contribution in [2.75, 3.05) is 23.3 Å². The number of anilines is 2. The van der Waals surface area contributed by atoms with Gasteiger partial charge >= 0.3 is 5.97 Å². The number of rotatable bonds is 3. The predicted molar refractivity (Wildman–Crippen MR) is 79.4 cm³/mol. The van der Waals surface area contributed by atoms with Crippen LogP contribution < -0.4 is 10.2 Å². The molecule has 0 fully saturated rings. The zero-order valence-corrected chi connectivity index (χ0v) is 11.0. The zero-order chi connectivity index (χ0) is 13.9. The Balaban J connectivity index is 1.92. The molecule has 1 aliphatic rings. The van der Waals surface area contributed by atoms with Gasteiger partial charge in [0.2, 0.25) is 0 Å². The van der Waals surface area contributed by atoms with Crippen LogP contribution in [0.4, 0.5) is 11.4 Å². The van der Waals surface area contributed by atoms with Gasteiger partial charge in [-0.25, -0.2) is 4.79 Å². The number of hydrogen-bond acceptors (Lipinski definition) is 3. The Labute approximate surface area is 117 Å². The summed E-state index contributed by atoms with van der Waals surface area (Å²) in [6.07, 6.45) is 0. The maximum atomic E-state index is 11.1. The highest BCUT2D eigenvalue weighted by molar-refractivity contribution is 5.91. The average Bonchev–Trinajstić information content (AvgIpc) is 2.48. The van der Waals surface area contributed by atoms with Crippen LogP contribution in [-0.2, 0) is 6.54 Å². The molecule has 0 atom stereocenters. The molecule has 0 saturated carbocycles. The van der Waals surface area contributed by atoms with E-state index in [2.05, 4.69) is 22.3 Å². The van der Waals surface area contributed by atoms with Crippen molar-refractivity contribution in [3.8, 4) is 0 Å². The van der Waals surface area contributed by atoms with Crippen LogP contribution in [-0.4, -0.2) is 24.2 Å². The van der Waals surface area contributed by atoms with E-state index in [0.29, 0.717) is 5.56 Å². The maximum absolute atomic E-state index is 11.1. The molecule has 1 heterocycles. The first-order valence-corrected chi connectivity index (χ1v) is 6.64. The summed E-state index contributed by atoms with van der Waals surface area (Å²) >= 11 is 0. The quantitative estimate of drug-likeness (QED) is 0.898. The molecule has 4 heteroatoms. The van der Waals surface area contributed by atoms with Crippen LogP contribution in [0.25, 0.3) is 0 Å². The highest BCUT2D eigenvalue weighted by Gasteiger charge is 2.18. The molecule has 0 bridgehead atoms. The fourth-order valence-corrected chi connectivity index (χ4v) is 2.49. The number of hydrogen-bond donors (Lipinski definition) is 2. The molecule has 4 nitrogen and oxygen atoms in total. The summed E-state index contributed by atoms with van der Waals surface area (Å²) < 4.78 is 0. The molecule has 2 aromatic rings. The minimum Gasteiger partial charge on any atom is -0.478 e. The Hall–Kier alpha value is -2.49. The highest BCUT2D eigenvalue weighted by atomic mass is 16.4. The average molecular weight is 268 g/mol. The van der Waals surface area contributed by atoms with Crippen molar-refractivity contribution in [3.63, 3.8) is 0 Å². The number of fused-ring (bicyclic) bond motifs is 1. The molecule has 20 heavy (non-hydrogen) atoms. The predicted octanol–water partition coefficient (Wildman–Crippen LogP) is 2.82. The van der Waals surface area contributed by atoms with Gasteiger partial charge in [-0.1, -0.05) is 30.3 Å². The largest absolute Gasteiger partial charge is 0.478 e. The third kappa shape index (κ3) is 2.45. The van der Waals surface area contributed by atoms with Gasteiger partial charge in [0.1, 0.15) is 0 Å². The number of nitrogens with one attached hydrogen (secondary N) is 1. The van der Waals surface area contributed by atoms with Crippen LogP contribution in [0.5, 0.6) is 0 Å². The smallest absolute Gasteiger partial charge is 0.335 e. The number of carboxylic acids is 1. The van der Waals surface area contributed by atoms with Gasteiger partial charge in [0.25, 0.3) is 0 Å². The van der Waals surface area contributed by atoms with Crippen molar-refractivity contribution in [3.05, 3.63) is 59.7 Å². The zero-order valence-electron chi connectivity index (χ0n) is 11.0. The third-order valence-electron chi connectivity index (χ3n) is 3.50. The molecular formula is C16H16N2O2. The number of nitrogens with zero attached hydrogens (tertiary/aromatic N) is 1. The van der Waals surface area contributed by atoms with E-state index in [1.54, 1.807) is 12.1 Å². The second-order valence-corrected chi connectivity index (χ2v) is 4.87. The van der Waals surface area contributed by atoms with Gasteiger partial charge in [-0.15, -0.1) is 0 Å². The van der Waals surface area contributed by atoms with Crippen LogP contribution >= 0.6 is 0 Å². The van der Waals surface area contributed by atoms with E-state index in [1.165, 1.54) is 5.56 Å². The molecular weight excluding hydrogens is 252 g/mol. The normalized spacial score (nSPS) is 13.5. The summed E-state index contributed by atoms with van der Waals surface area (Å²) in [5.41, 5.74) is 3.50. The lowest BCUT2D eigenvalue weighted by Crippen LogP contribution is -2.33. The van der Waals surface area contributed by atoms with Gasteiger partial charge < -0.3 is 15.3 Å². The van der Waals surface area contributed by atoms with Crippen molar-refractivity contribution >= 4 is 17.3 Å². The lowest BCUT2D eigenvalue weighted by Gasteiger charge is -2.32. The number of carboxylic acid groups (broad SMARTS) is 1. The monoisotopic (exact) mass is 268 g/mol. The molecule has 0 amide bonds. The SMILES string of the molecule is O=C(O)c1ccc2c(c1)N(Cc1ccccc1)CCN2. The van der Waals surface area contributed by atoms with Crippen LogP contribution in [0.1, 0.15) is 15.9 Å². The van der Waals surface area contributed by atoms with E-state index < -0.39 is 5.97 Å². The fraction of sp³-hybridized carbons (Fsp3) is 0.188. The van der Waals surface area contributed by atoms with Gasteiger partial charge in [0.15, 0.2) is 0 Å². The molecule has 3 rings (SSSR count). The van der Waals surface area contributed by atoms with E-state index >= 15 is 0 Å². The fourth-order valence-electron chi connectivity index (χ4n) is 2.49. The third-order valence-corrected chi connectivity index (χ3v) is 3.50. The molecule has 0 aromatic heterocycles. The van der Waals surface area contributed by atoms with Crippen molar-refractivity contribution in [2.24, 2.45) is 0 Å². The molecule has 0 aliphatic carbocycles. The van der Waals surface area contributed by atoms with Crippen LogP contribution in [0.15, 0.2) is 48.5 Å². The first-order chi connectivity index (χ1) is 9.74. The van der Waals surface area contributed by atoms with Crippen molar-refractivity contribution in [1.29, 1.82) is 0 Å². The van der Waals surface area contributed by atoms with Crippen LogP contribution in [0.3, 0.4) is 0 Å². The molecule has 0 radical (unpaired) electrons. The second kappa shape index (κ2) is 5.25. The van der Waals surface area contributed by atoms with Crippen molar-refractivity contribution in [2.45, 2.75) is 6.54 Å². The van der Waals surface area contributed by atoms with Gasteiger partial charge in [-0.05, 0) is 23.8 Å². The second-order valence-electron chi connectivity index (χ2n) is 4.87. The number of carbonyl (C=O) groups is 1. The topological polar surface area (TPSA) is 52.6 Å². The number of aromatic carboxylic acids is 1. The molecule has 0 unspecified atom stereocenters. The Bertz CT molecular complexity index is 626. The van der Waals surface area contributed by atoms with Crippen LogP contribution in [0, 0.1) is 0 Å². The Kier molecular flexibility index (Phi) is 3.29. The molecule has 0 saturated heterocycles. The van der Waals surface area contributed by atoms with E-state index in [0.717, 1.165) is 31.0 Å². The molecule has 102 valence electrons. The summed E-state index contributed by atoms with van der Waals surface area (Å²) in [6.45, 7) is 2.52. The van der Waals surface area contributed by atoms with Gasteiger partial charge in [0, 0.05) is 19.6 Å². The van der Waals surface area contributed by atoms with E-state index in [1.807, 2.05) is 24.3 Å². The van der Waals surface area contributed by atoms with Crippen molar-refractivity contribution in [1.82, 2.24) is 0 Å². The summed E-state index contributed by atoms with van der Waals surface area (Å²) in [6, 6.07) is 15.4. The van der Waals surface area contributed by atoms with E-state index in [4.69, 9.17) is 5.11 Å². The summed E-state index contributed by atoms with van der Waals surface area (Å²) in [5, 5.41) is 12.4. The molecule has 2 aromatic carbocycles. The van der Waals surface area contributed by atoms with E-state index in [-0.39, 0.29) is 0 Å². The molecule has 1 aliphatic heterocycles. The number of benzene rings is 2. The Morgan fingerprint density at radius 2 is 2.00 bits per heavy atom. The van der Waals surface area contributed by atoms with Gasteiger partial charge in [-0.2, -0.15) is 0 Å². The van der Waals surface area contributed by atoms with Crippen molar-refractivity contribution < 1.29 is 9.90 Å². The summed E-state index contributed by atoms with van der Waals surface area (Å²) in [5.74, 6) is -0.891. The Morgan fingerprint density at radius 1 is 1.20 bits per heavy atom. The molecule has 0 spiro atoms. The first kappa shape index (κ1) is 12.5. The summed E-state index contributed by atoms with van der Waals surface area (Å²) in [7, 11) is 0. The Morgan fingerprint density at radius 3 is 2.75 bits per heavy atom. The van der Waals surface area contributed by atoms with Crippen LogP contribution in [0.2, 0.25) is 0 Å². The minimum atomic E-state index is -0.891.